The van der Waals surface area contributed by atoms with Crippen LogP contribution in [0, 0.1) is 6.92 Å². The Kier molecular flexibility index (Phi) is 5.38. The minimum absolute atomic E-state index is 0.306. The van der Waals surface area contributed by atoms with E-state index in [2.05, 4.69) is 20.6 Å². The zero-order chi connectivity index (χ0) is 16.9. The van der Waals surface area contributed by atoms with Gasteiger partial charge in [-0.15, -0.1) is 0 Å². The summed E-state index contributed by atoms with van der Waals surface area (Å²) in [6, 6.07) is 6.58. The molecule has 0 fully saturated rings. The third kappa shape index (κ3) is 5.10. The Hall–Kier alpha value is -2.35. The van der Waals surface area contributed by atoms with Crippen LogP contribution in [0.4, 0.5) is 30.5 Å². The van der Waals surface area contributed by atoms with E-state index in [9.17, 15) is 13.2 Å². The lowest BCUT2D eigenvalue weighted by atomic mass is 10.2. The van der Waals surface area contributed by atoms with Crippen LogP contribution in [0.2, 0.25) is 0 Å². The average Bonchev–Trinajstić information content (AvgIpc) is 2.46. The van der Waals surface area contributed by atoms with Crippen molar-refractivity contribution in [3.05, 3.63) is 41.7 Å². The minimum atomic E-state index is -4.38. The van der Waals surface area contributed by atoms with Gasteiger partial charge in [-0.25, -0.2) is 9.97 Å². The van der Waals surface area contributed by atoms with Gasteiger partial charge in [0, 0.05) is 25.4 Å². The van der Waals surface area contributed by atoms with E-state index < -0.39 is 11.7 Å². The Labute approximate surface area is 131 Å². The van der Waals surface area contributed by atoms with Gasteiger partial charge in [-0.1, -0.05) is 6.07 Å². The van der Waals surface area contributed by atoms with Crippen molar-refractivity contribution in [3.63, 3.8) is 0 Å². The van der Waals surface area contributed by atoms with Crippen molar-refractivity contribution in [2.75, 3.05) is 30.9 Å². The Bertz CT molecular complexity index is 661. The van der Waals surface area contributed by atoms with Crippen molar-refractivity contribution in [2.24, 2.45) is 0 Å². The summed E-state index contributed by atoms with van der Waals surface area (Å²) in [6.07, 6.45) is -4.38. The molecule has 8 heteroatoms. The normalized spacial score (nSPS) is 11.3. The molecule has 0 aliphatic heterocycles. The molecule has 1 heterocycles. The van der Waals surface area contributed by atoms with E-state index in [-0.39, 0.29) is 0 Å². The molecule has 0 amide bonds. The number of benzene rings is 1. The van der Waals surface area contributed by atoms with Gasteiger partial charge >= 0.3 is 6.18 Å². The van der Waals surface area contributed by atoms with Crippen LogP contribution in [0.1, 0.15) is 11.4 Å². The molecule has 0 saturated heterocycles. The maximum absolute atomic E-state index is 12.7. The molecule has 0 saturated carbocycles. The summed E-state index contributed by atoms with van der Waals surface area (Å²) in [4.78, 5) is 8.38. The first-order valence-corrected chi connectivity index (χ1v) is 6.91. The molecule has 2 rings (SSSR count). The molecular weight excluding hydrogens is 309 g/mol. The zero-order valence-electron chi connectivity index (χ0n) is 12.7. The van der Waals surface area contributed by atoms with Gasteiger partial charge in [-0.2, -0.15) is 13.2 Å². The molecule has 0 unspecified atom stereocenters. The Morgan fingerprint density at radius 2 is 1.87 bits per heavy atom. The molecule has 124 valence electrons. The summed E-state index contributed by atoms with van der Waals surface area (Å²) < 4.78 is 43.1. The Morgan fingerprint density at radius 1 is 1.13 bits per heavy atom. The first-order valence-electron chi connectivity index (χ1n) is 6.91. The summed E-state index contributed by atoms with van der Waals surface area (Å²) in [5, 5.41) is 5.92. The molecular formula is C15H17F3N4O. The molecule has 1 aromatic carbocycles. The van der Waals surface area contributed by atoms with Crippen LogP contribution in [0.5, 0.6) is 0 Å². The van der Waals surface area contributed by atoms with E-state index in [1.165, 1.54) is 6.07 Å². The van der Waals surface area contributed by atoms with Crippen LogP contribution in [-0.2, 0) is 10.9 Å². The lowest BCUT2D eigenvalue weighted by Crippen LogP contribution is -2.10. The average molecular weight is 326 g/mol. The summed E-state index contributed by atoms with van der Waals surface area (Å²) in [5.41, 5.74) is -0.410. The Balaban J connectivity index is 2.16. The fraction of sp³-hybridized carbons (Fsp3) is 0.333. The monoisotopic (exact) mass is 326 g/mol. The van der Waals surface area contributed by atoms with Crippen LogP contribution in [-0.4, -0.2) is 30.2 Å². The highest BCUT2D eigenvalue weighted by Gasteiger charge is 2.30. The van der Waals surface area contributed by atoms with Crippen molar-refractivity contribution >= 4 is 17.3 Å². The number of nitrogens with one attached hydrogen (secondary N) is 2. The van der Waals surface area contributed by atoms with Gasteiger partial charge in [0.15, 0.2) is 0 Å². The number of nitrogens with zero attached hydrogens (tertiary/aromatic N) is 2. The van der Waals surface area contributed by atoms with Crippen LogP contribution in [0.25, 0.3) is 0 Å². The number of aromatic nitrogens is 2. The van der Waals surface area contributed by atoms with Gasteiger partial charge < -0.3 is 15.4 Å². The second-order valence-corrected chi connectivity index (χ2v) is 4.81. The highest BCUT2D eigenvalue weighted by atomic mass is 19.4. The number of ether oxygens (including phenoxy) is 1. The highest BCUT2D eigenvalue weighted by molar-refractivity contribution is 5.60. The number of halogens is 3. The van der Waals surface area contributed by atoms with Gasteiger partial charge in [-0.3, -0.25) is 0 Å². The third-order valence-electron chi connectivity index (χ3n) is 2.91. The standard InChI is InChI=1S/C15H17F3N4O/c1-10-20-13(19-6-7-23-2)9-14(21-10)22-12-5-3-4-11(8-12)15(16,17)18/h3-5,8-9H,6-7H2,1-2H3,(H2,19,20,21,22). The topological polar surface area (TPSA) is 59.1 Å². The summed E-state index contributed by atoms with van der Waals surface area (Å²) in [7, 11) is 1.59. The molecule has 1 aromatic heterocycles. The first-order chi connectivity index (χ1) is 10.9. The summed E-state index contributed by atoms with van der Waals surface area (Å²) in [6.45, 7) is 2.79. The van der Waals surface area contributed by atoms with Gasteiger partial charge in [0.25, 0.3) is 0 Å². The van der Waals surface area contributed by atoms with Gasteiger partial charge in [0.1, 0.15) is 17.5 Å². The van der Waals surface area contributed by atoms with Crippen molar-refractivity contribution < 1.29 is 17.9 Å². The van der Waals surface area contributed by atoms with Crippen molar-refractivity contribution in [1.82, 2.24) is 9.97 Å². The maximum atomic E-state index is 12.7. The van der Waals surface area contributed by atoms with Gasteiger partial charge in [-0.05, 0) is 25.1 Å². The summed E-state index contributed by atoms with van der Waals surface area (Å²) >= 11 is 0. The molecule has 0 aliphatic rings. The van der Waals surface area contributed by atoms with Crippen LogP contribution < -0.4 is 10.6 Å². The lowest BCUT2D eigenvalue weighted by Gasteiger charge is -2.12. The second-order valence-electron chi connectivity index (χ2n) is 4.81. The lowest BCUT2D eigenvalue weighted by molar-refractivity contribution is -0.137. The number of hydrogen-bond acceptors (Lipinski definition) is 5. The van der Waals surface area contributed by atoms with Crippen molar-refractivity contribution in [3.8, 4) is 0 Å². The molecule has 0 bridgehead atoms. The maximum Gasteiger partial charge on any atom is 0.416 e. The molecule has 0 atom stereocenters. The molecule has 2 aromatic rings. The molecule has 0 spiro atoms. The number of anilines is 3. The van der Waals surface area contributed by atoms with Gasteiger partial charge in [0.05, 0.1) is 12.2 Å². The first kappa shape index (κ1) is 17.0. The smallest absolute Gasteiger partial charge is 0.383 e. The number of alkyl halides is 3. The zero-order valence-corrected chi connectivity index (χ0v) is 12.7. The van der Waals surface area contributed by atoms with Gasteiger partial charge in [0.2, 0.25) is 0 Å². The van der Waals surface area contributed by atoms with E-state index in [1.807, 2.05) is 0 Å². The Morgan fingerprint density at radius 3 is 2.57 bits per heavy atom. The van der Waals surface area contributed by atoms with E-state index in [0.29, 0.717) is 36.3 Å². The number of rotatable bonds is 6. The van der Waals surface area contributed by atoms with Crippen LogP contribution in [0.3, 0.4) is 0 Å². The largest absolute Gasteiger partial charge is 0.416 e. The van der Waals surface area contributed by atoms with Crippen molar-refractivity contribution in [1.29, 1.82) is 0 Å². The second kappa shape index (κ2) is 7.28. The highest BCUT2D eigenvalue weighted by Crippen LogP contribution is 2.31. The van der Waals surface area contributed by atoms with Crippen LogP contribution >= 0.6 is 0 Å². The number of aryl methyl sites for hydroxylation is 1. The predicted molar refractivity (Wildman–Crippen MR) is 81.9 cm³/mol. The molecule has 0 aliphatic carbocycles. The van der Waals surface area contributed by atoms with Crippen LogP contribution in [0.15, 0.2) is 30.3 Å². The van der Waals surface area contributed by atoms with E-state index in [0.717, 1.165) is 12.1 Å². The number of methoxy groups -OCH3 is 1. The molecule has 23 heavy (non-hydrogen) atoms. The van der Waals surface area contributed by atoms with E-state index in [1.54, 1.807) is 26.2 Å². The fourth-order valence-corrected chi connectivity index (χ4v) is 1.92. The quantitative estimate of drug-likeness (QED) is 0.794. The minimum Gasteiger partial charge on any atom is -0.383 e. The van der Waals surface area contributed by atoms with Crippen molar-refractivity contribution in [2.45, 2.75) is 13.1 Å². The third-order valence-corrected chi connectivity index (χ3v) is 2.91. The SMILES string of the molecule is COCCNc1cc(Nc2cccc(C(F)(F)F)c2)nc(C)n1. The fourth-order valence-electron chi connectivity index (χ4n) is 1.92. The molecule has 2 N–H and O–H groups in total. The summed E-state index contributed by atoms with van der Waals surface area (Å²) in [5.74, 6) is 1.49. The molecule has 0 radical (unpaired) electrons. The predicted octanol–water partition coefficient (Wildman–Crippen LogP) is 3.61. The number of hydrogen-bond donors (Lipinski definition) is 2. The van der Waals surface area contributed by atoms with E-state index >= 15 is 0 Å². The van der Waals surface area contributed by atoms with E-state index in [4.69, 9.17) is 4.74 Å². The molecule has 5 nitrogen and oxygen atoms in total.